The van der Waals surface area contributed by atoms with Crippen LogP contribution in [0, 0.1) is 0 Å². The number of unbranched alkanes of at least 4 members (excludes halogenated alkanes) is 2. The number of rotatable bonds is 40. The minimum Gasteiger partial charge on any atom is -0.466 e. The highest BCUT2D eigenvalue weighted by atomic mass is 16.5. The van der Waals surface area contributed by atoms with E-state index in [2.05, 4.69) is 25.3 Å². The smallest absolute Gasteiger partial charge is 0.306 e. The molecule has 0 aromatic heterocycles. The fraction of sp³-hybridized carbons (Fsp3) is 0.696. The maximum atomic E-state index is 12.8. The molecule has 0 aliphatic carbocycles. The topological polar surface area (TPSA) is 386 Å². The number of likely N-dealkylation sites (N-methyl/N-ethyl adjacent to an activating group) is 1. The highest BCUT2D eigenvalue weighted by molar-refractivity contribution is 5.99. The van der Waals surface area contributed by atoms with Crippen molar-refractivity contribution in [2.75, 3.05) is 66.7 Å². The Hall–Kier alpha value is -6.02. The van der Waals surface area contributed by atoms with Crippen LogP contribution in [0.25, 0.3) is 0 Å². The molecule has 0 spiro atoms. The number of Topliss-reactive ketones (excluding diaryl/α,β-unsaturated/α-hetero) is 4. The number of hydrogen-bond acceptors (Lipinski definition) is 23. The predicted molar refractivity (Wildman–Crippen MR) is 259 cm³/mol. The number of carbonyl (C=O) groups excluding carboxylic acids is 10. The van der Waals surface area contributed by atoms with Gasteiger partial charge >= 0.3 is 23.9 Å². The number of esters is 4. The van der Waals surface area contributed by atoms with Crippen molar-refractivity contribution in [3.8, 4) is 0 Å². The van der Waals surface area contributed by atoms with Gasteiger partial charge < -0.3 is 34.5 Å². The largest absolute Gasteiger partial charge is 0.466 e. The van der Waals surface area contributed by atoms with Crippen molar-refractivity contribution in [3.63, 3.8) is 0 Å². The van der Waals surface area contributed by atoms with Gasteiger partial charge in [-0.15, -0.1) is 0 Å². The van der Waals surface area contributed by atoms with Gasteiger partial charge in [-0.1, -0.05) is 0 Å². The molecule has 0 aromatic rings. The molecule has 0 saturated carbocycles. The summed E-state index contributed by atoms with van der Waals surface area (Å²) in [6.07, 6.45) is 0.0954. The van der Waals surface area contributed by atoms with Crippen LogP contribution in [-0.2, 0) is 66.9 Å². The number of hydrazine groups is 2. The molecule has 0 aliphatic rings. The van der Waals surface area contributed by atoms with Crippen LogP contribution in [0.5, 0.6) is 0 Å². The molecule has 0 heterocycles. The summed E-state index contributed by atoms with van der Waals surface area (Å²) in [6, 6.07) is 0. The van der Waals surface area contributed by atoms with E-state index in [9.17, 15) is 58.2 Å². The molecule has 9 N–H and O–H groups in total. The molecule has 2 amide bonds. The first-order valence-electron chi connectivity index (χ1n) is 23.3. The third-order valence-electron chi connectivity index (χ3n) is 10.3. The average Bonchev–Trinajstić information content (AvgIpc) is 3.32. The summed E-state index contributed by atoms with van der Waals surface area (Å²) >= 11 is 0. The third-order valence-corrected chi connectivity index (χ3v) is 10.3. The second-order valence-corrected chi connectivity index (χ2v) is 16.8. The normalized spacial score (nSPS) is 13.8. The first-order chi connectivity index (χ1) is 33.5. The lowest BCUT2D eigenvalue weighted by Crippen LogP contribution is -2.52. The Morgan fingerprint density at radius 3 is 0.972 bits per heavy atom. The number of nitrogens with two attached hydrogens (primary N) is 2. The lowest BCUT2D eigenvalue weighted by molar-refractivity contribution is -0.148. The fourth-order valence-electron chi connectivity index (χ4n) is 6.04. The second-order valence-electron chi connectivity index (χ2n) is 16.8. The molecule has 0 fully saturated rings. The van der Waals surface area contributed by atoms with Gasteiger partial charge in [-0.05, 0) is 86.1 Å². The minimum absolute atomic E-state index is 0.00813. The van der Waals surface area contributed by atoms with Crippen LogP contribution >= 0.6 is 0 Å². The van der Waals surface area contributed by atoms with Crippen molar-refractivity contribution < 1.29 is 77.1 Å². The molecule has 25 nitrogen and oxygen atoms in total. The average molecular weight is 1010 g/mol. The Labute approximate surface area is 414 Å². The molecular weight excluding hydrogens is 935 g/mol. The van der Waals surface area contributed by atoms with E-state index in [0.29, 0.717) is 49.2 Å². The standard InChI is InChI=1S/C46H75N9O16/c1-31(50-6)11-15-39(60)68-19-7-8-20-69-40(61)17-13-33(3)52-29-37(58)25-46(67,44(65)55-48)26-38(59)30-53-34(4)14-18-42(63)71-22-10-9-21-70-41(62)16-12-32(2)51-28-36(57)24-45(66,43(64)54-47)23-35(56)27-49-5/h49,66-67H,7-30,47-48H2,1-6H3,(H,54,64)(H,55,65). The molecule has 25 heteroatoms. The van der Waals surface area contributed by atoms with Gasteiger partial charge in [0.1, 0.15) is 5.78 Å². The Morgan fingerprint density at radius 1 is 0.451 bits per heavy atom. The number of ether oxygens (including phenoxy) is 4. The lowest BCUT2D eigenvalue weighted by Gasteiger charge is -2.24. The molecule has 0 rings (SSSR count). The Balaban J connectivity index is 4.55. The summed E-state index contributed by atoms with van der Waals surface area (Å²) in [5, 5.41) is 24.2. The van der Waals surface area contributed by atoms with Crippen molar-refractivity contribution in [1.29, 1.82) is 0 Å². The summed E-state index contributed by atoms with van der Waals surface area (Å²) in [6.45, 7) is 5.63. The van der Waals surface area contributed by atoms with Gasteiger partial charge in [-0.25, -0.2) is 11.7 Å². The zero-order valence-corrected chi connectivity index (χ0v) is 42.0. The van der Waals surface area contributed by atoms with Crippen LogP contribution in [0.15, 0.2) is 20.0 Å². The fourth-order valence-corrected chi connectivity index (χ4v) is 6.04. The number of aliphatic hydroxyl groups is 2. The lowest BCUT2D eigenvalue weighted by atomic mass is 9.90. The molecule has 0 aliphatic heterocycles. The Morgan fingerprint density at radius 2 is 0.718 bits per heavy atom. The van der Waals surface area contributed by atoms with E-state index in [-0.39, 0.29) is 83.9 Å². The molecule has 0 radical (unpaired) electrons. The van der Waals surface area contributed by atoms with Crippen molar-refractivity contribution in [2.24, 2.45) is 31.7 Å². The molecule has 2 atom stereocenters. The van der Waals surface area contributed by atoms with Crippen molar-refractivity contribution in [1.82, 2.24) is 16.2 Å². The van der Waals surface area contributed by atoms with Crippen LogP contribution in [0.1, 0.15) is 130 Å². The minimum atomic E-state index is -2.48. The first kappa shape index (κ1) is 65.0. The Bertz CT molecular complexity index is 1940. The maximum absolute atomic E-state index is 12.8. The zero-order chi connectivity index (χ0) is 53.8. The highest BCUT2D eigenvalue weighted by Gasteiger charge is 2.41. The Kier molecular flexibility index (Phi) is 33.7. The van der Waals surface area contributed by atoms with Crippen LogP contribution < -0.4 is 27.9 Å². The van der Waals surface area contributed by atoms with Crippen LogP contribution in [0.4, 0.5) is 0 Å². The van der Waals surface area contributed by atoms with Crippen LogP contribution in [0.3, 0.4) is 0 Å². The van der Waals surface area contributed by atoms with Crippen molar-refractivity contribution in [2.45, 2.75) is 142 Å². The molecule has 0 aromatic carbocycles. The summed E-state index contributed by atoms with van der Waals surface area (Å²) in [7, 11) is 3.16. The van der Waals surface area contributed by atoms with Gasteiger partial charge in [-0.2, -0.15) is 0 Å². The zero-order valence-electron chi connectivity index (χ0n) is 42.0. The molecule has 0 saturated heterocycles. The summed E-state index contributed by atoms with van der Waals surface area (Å²) in [5.41, 5.74) is 0.849. The highest BCUT2D eigenvalue weighted by Crippen LogP contribution is 2.19. The van der Waals surface area contributed by atoms with Gasteiger partial charge in [-0.3, -0.25) is 78.8 Å². The first-order valence-corrected chi connectivity index (χ1v) is 23.3. The third kappa shape index (κ3) is 31.8. The summed E-state index contributed by atoms with van der Waals surface area (Å²) in [5.74, 6) is 3.73. The molecule has 71 heavy (non-hydrogen) atoms. The van der Waals surface area contributed by atoms with E-state index in [1.165, 1.54) is 7.05 Å². The quantitative estimate of drug-likeness (QED) is 0.00795. The monoisotopic (exact) mass is 1010 g/mol. The van der Waals surface area contributed by atoms with Crippen LogP contribution in [0.2, 0.25) is 0 Å². The summed E-state index contributed by atoms with van der Waals surface area (Å²) < 4.78 is 20.7. The predicted octanol–water partition coefficient (Wildman–Crippen LogP) is -0.188. The number of hydrogen-bond donors (Lipinski definition) is 7. The van der Waals surface area contributed by atoms with E-state index in [1.807, 2.05) is 6.92 Å². The number of ketones is 4. The van der Waals surface area contributed by atoms with E-state index in [0.717, 1.165) is 5.71 Å². The van der Waals surface area contributed by atoms with Crippen LogP contribution in [-0.4, -0.2) is 170 Å². The van der Waals surface area contributed by atoms with E-state index in [4.69, 9.17) is 30.6 Å². The van der Waals surface area contributed by atoms with Gasteiger partial charge in [0.05, 0.1) is 78.3 Å². The number of amides is 2. The van der Waals surface area contributed by atoms with E-state index < -0.39 is 109 Å². The SMILES string of the molecule is CN=C(C)CCC(=O)OCCCCOC(=O)CCC(C)=NCC(=O)CC(O)(CC(=O)CN=C(C)CCC(=O)OCCCCOC(=O)CCC(C)=NCC(=O)CC(O)(CC(=O)CNC)C(=O)NN)C(=O)NN. The van der Waals surface area contributed by atoms with Gasteiger partial charge in [0.25, 0.3) is 11.8 Å². The van der Waals surface area contributed by atoms with Gasteiger partial charge in [0.2, 0.25) is 0 Å². The molecule has 2 unspecified atom stereocenters. The van der Waals surface area contributed by atoms with E-state index >= 15 is 0 Å². The number of aliphatic imine (C=N–C) groups is 4. The molecule has 0 bridgehead atoms. The molecular formula is C46H75N9O16. The van der Waals surface area contributed by atoms with E-state index in [1.54, 1.807) is 38.7 Å². The maximum Gasteiger partial charge on any atom is 0.306 e. The second kappa shape index (κ2) is 36.9. The molecule has 400 valence electrons. The number of carbonyl (C=O) groups is 10. The van der Waals surface area contributed by atoms with Gasteiger partial charge in [0, 0.05) is 55.6 Å². The van der Waals surface area contributed by atoms with Crippen molar-refractivity contribution in [3.05, 3.63) is 0 Å². The van der Waals surface area contributed by atoms with Gasteiger partial charge in [0.15, 0.2) is 28.6 Å². The number of nitrogens with one attached hydrogen (secondary N) is 3. The summed E-state index contributed by atoms with van der Waals surface area (Å²) in [4.78, 5) is 139. The number of nitrogens with zero attached hydrogens (tertiary/aromatic N) is 4. The van der Waals surface area contributed by atoms with Crippen molar-refractivity contribution >= 4 is 81.7 Å².